The number of likely N-dealkylation sites (tertiary alicyclic amines) is 1. The first-order valence-corrected chi connectivity index (χ1v) is 7.02. The Balaban J connectivity index is 2.01. The van der Waals surface area contributed by atoms with Crippen LogP contribution in [0, 0.1) is 23.7 Å². The normalized spacial score (nSPS) is 36.7. The van der Waals surface area contributed by atoms with Crippen molar-refractivity contribution in [3.63, 3.8) is 0 Å². The van der Waals surface area contributed by atoms with Gasteiger partial charge in [0.2, 0.25) is 5.91 Å². The summed E-state index contributed by atoms with van der Waals surface area (Å²) in [4.78, 5) is 25.5. The van der Waals surface area contributed by atoms with E-state index in [4.69, 9.17) is 5.11 Å². The highest BCUT2D eigenvalue weighted by Gasteiger charge is 2.40. The van der Waals surface area contributed by atoms with Crippen molar-refractivity contribution in [3.8, 4) is 0 Å². The summed E-state index contributed by atoms with van der Waals surface area (Å²) in [6.07, 6.45) is 3.31. The summed E-state index contributed by atoms with van der Waals surface area (Å²) in [7, 11) is 0. The zero-order valence-corrected chi connectivity index (χ0v) is 11.3. The molecule has 2 aliphatic rings. The van der Waals surface area contributed by atoms with Crippen molar-refractivity contribution in [1.82, 2.24) is 4.90 Å². The van der Waals surface area contributed by atoms with Gasteiger partial charge >= 0.3 is 5.97 Å². The van der Waals surface area contributed by atoms with Gasteiger partial charge in [0.1, 0.15) is 0 Å². The fourth-order valence-corrected chi connectivity index (χ4v) is 3.25. The molecule has 0 aromatic carbocycles. The average molecular weight is 253 g/mol. The van der Waals surface area contributed by atoms with Gasteiger partial charge in [0, 0.05) is 13.1 Å². The van der Waals surface area contributed by atoms with Crippen LogP contribution in [0.4, 0.5) is 0 Å². The van der Waals surface area contributed by atoms with Gasteiger partial charge in [-0.15, -0.1) is 0 Å². The standard InChI is InChI=1S/C14H23NO3/c1-9-6-7-15(8-10(9)2)13(16)11-4-3-5-12(11)14(17)18/h9-12H,3-8H2,1-2H3,(H,17,18)/t9?,10?,11-,12+/m1/s1. The zero-order valence-electron chi connectivity index (χ0n) is 11.3. The maximum absolute atomic E-state index is 12.4. The number of carbonyl (C=O) groups excluding carboxylic acids is 1. The Morgan fingerprint density at radius 3 is 2.33 bits per heavy atom. The molecule has 2 unspecified atom stereocenters. The lowest BCUT2D eigenvalue weighted by Crippen LogP contribution is -2.46. The maximum Gasteiger partial charge on any atom is 0.307 e. The second-order valence-corrected chi connectivity index (χ2v) is 6.01. The minimum absolute atomic E-state index is 0.0821. The molecule has 0 spiro atoms. The van der Waals surface area contributed by atoms with Crippen LogP contribution in [0.15, 0.2) is 0 Å². The molecule has 4 atom stereocenters. The van der Waals surface area contributed by atoms with Crippen LogP contribution in [0.3, 0.4) is 0 Å². The summed E-state index contributed by atoms with van der Waals surface area (Å²) in [6.45, 7) is 5.99. The van der Waals surface area contributed by atoms with Gasteiger partial charge in [0.05, 0.1) is 11.8 Å². The smallest absolute Gasteiger partial charge is 0.307 e. The Hall–Kier alpha value is -1.06. The molecule has 2 fully saturated rings. The molecule has 1 saturated heterocycles. The van der Waals surface area contributed by atoms with E-state index in [0.29, 0.717) is 18.3 Å². The third-order valence-electron chi connectivity index (χ3n) is 4.80. The SMILES string of the molecule is CC1CCN(C(=O)[C@@H]2CCC[C@@H]2C(=O)O)CC1C. The summed E-state index contributed by atoms with van der Waals surface area (Å²) >= 11 is 0. The fraction of sp³-hybridized carbons (Fsp3) is 0.857. The summed E-state index contributed by atoms with van der Waals surface area (Å²) in [5, 5.41) is 9.15. The molecule has 18 heavy (non-hydrogen) atoms. The Morgan fingerprint density at radius 1 is 1.06 bits per heavy atom. The molecule has 0 aromatic heterocycles. The quantitative estimate of drug-likeness (QED) is 0.818. The van der Waals surface area contributed by atoms with Crippen LogP contribution in [-0.4, -0.2) is 35.0 Å². The highest BCUT2D eigenvalue weighted by Crippen LogP contribution is 2.34. The maximum atomic E-state index is 12.4. The number of hydrogen-bond acceptors (Lipinski definition) is 2. The van der Waals surface area contributed by atoms with Gasteiger partial charge in [0.15, 0.2) is 0 Å². The van der Waals surface area contributed by atoms with E-state index in [9.17, 15) is 9.59 Å². The fourth-order valence-electron chi connectivity index (χ4n) is 3.25. The van der Waals surface area contributed by atoms with Gasteiger partial charge in [0.25, 0.3) is 0 Å². The van der Waals surface area contributed by atoms with Gasteiger partial charge in [-0.2, -0.15) is 0 Å². The lowest BCUT2D eigenvalue weighted by Gasteiger charge is -2.37. The van der Waals surface area contributed by atoms with Crippen molar-refractivity contribution < 1.29 is 14.7 Å². The second kappa shape index (κ2) is 5.29. The lowest BCUT2D eigenvalue weighted by molar-refractivity contribution is -0.150. The van der Waals surface area contributed by atoms with Crippen molar-refractivity contribution in [2.24, 2.45) is 23.7 Å². The molecular weight excluding hydrogens is 230 g/mol. The van der Waals surface area contributed by atoms with Crippen molar-refractivity contribution >= 4 is 11.9 Å². The minimum Gasteiger partial charge on any atom is -0.481 e. The largest absolute Gasteiger partial charge is 0.481 e. The van der Waals surface area contributed by atoms with E-state index >= 15 is 0 Å². The van der Waals surface area contributed by atoms with Crippen LogP contribution in [0.25, 0.3) is 0 Å². The van der Waals surface area contributed by atoms with Gasteiger partial charge in [-0.05, 0) is 31.1 Å². The number of carbonyl (C=O) groups is 2. The van der Waals surface area contributed by atoms with E-state index in [-0.39, 0.29) is 11.8 Å². The molecule has 2 rings (SSSR count). The number of carboxylic acid groups (broad SMARTS) is 1. The summed E-state index contributed by atoms with van der Waals surface area (Å²) in [6, 6.07) is 0. The number of carboxylic acids is 1. The minimum atomic E-state index is -0.802. The summed E-state index contributed by atoms with van der Waals surface area (Å²) in [5.41, 5.74) is 0. The molecule has 1 N–H and O–H groups in total. The van der Waals surface area contributed by atoms with E-state index in [1.54, 1.807) is 0 Å². The summed E-state index contributed by atoms with van der Waals surface area (Å²) < 4.78 is 0. The number of rotatable bonds is 2. The van der Waals surface area contributed by atoms with Crippen molar-refractivity contribution in [2.45, 2.75) is 39.5 Å². The molecule has 4 heteroatoms. The predicted octanol–water partition coefficient (Wildman–Crippen LogP) is 1.99. The Morgan fingerprint density at radius 2 is 1.72 bits per heavy atom. The molecule has 0 bridgehead atoms. The number of nitrogens with zero attached hydrogens (tertiary/aromatic N) is 1. The molecule has 0 aromatic rings. The van der Waals surface area contributed by atoms with Crippen molar-refractivity contribution in [2.75, 3.05) is 13.1 Å². The third-order valence-corrected chi connectivity index (χ3v) is 4.80. The van der Waals surface area contributed by atoms with Crippen LogP contribution < -0.4 is 0 Å². The summed E-state index contributed by atoms with van der Waals surface area (Å²) in [5.74, 6) is -0.265. The topological polar surface area (TPSA) is 57.6 Å². The van der Waals surface area contributed by atoms with Gasteiger partial charge in [-0.1, -0.05) is 20.3 Å². The van der Waals surface area contributed by atoms with Crippen LogP contribution in [0.5, 0.6) is 0 Å². The Kier molecular flexibility index (Phi) is 3.93. The van der Waals surface area contributed by atoms with E-state index in [1.807, 2.05) is 4.90 Å². The second-order valence-electron chi connectivity index (χ2n) is 6.01. The van der Waals surface area contributed by atoms with Crippen LogP contribution in [-0.2, 0) is 9.59 Å². The van der Waals surface area contributed by atoms with Crippen LogP contribution in [0.2, 0.25) is 0 Å². The molecule has 1 aliphatic carbocycles. The third kappa shape index (κ3) is 2.52. The van der Waals surface area contributed by atoms with E-state index in [2.05, 4.69) is 13.8 Å². The van der Waals surface area contributed by atoms with E-state index in [0.717, 1.165) is 32.4 Å². The first kappa shape index (κ1) is 13.4. The van der Waals surface area contributed by atoms with Gasteiger partial charge in [-0.3, -0.25) is 9.59 Å². The molecule has 1 aliphatic heterocycles. The average Bonchev–Trinajstić information content (AvgIpc) is 2.81. The van der Waals surface area contributed by atoms with Crippen LogP contribution in [0.1, 0.15) is 39.5 Å². The number of amides is 1. The van der Waals surface area contributed by atoms with E-state index < -0.39 is 11.9 Å². The monoisotopic (exact) mass is 253 g/mol. The molecular formula is C14H23NO3. The van der Waals surface area contributed by atoms with Crippen molar-refractivity contribution in [3.05, 3.63) is 0 Å². The molecule has 1 heterocycles. The zero-order chi connectivity index (χ0) is 13.3. The first-order chi connectivity index (χ1) is 8.50. The van der Waals surface area contributed by atoms with Gasteiger partial charge < -0.3 is 10.0 Å². The Bertz CT molecular complexity index is 342. The molecule has 4 nitrogen and oxygen atoms in total. The highest BCUT2D eigenvalue weighted by atomic mass is 16.4. The molecule has 0 radical (unpaired) electrons. The number of piperidine rings is 1. The van der Waals surface area contributed by atoms with E-state index in [1.165, 1.54) is 0 Å². The Labute approximate surface area is 108 Å². The molecule has 102 valence electrons. The van der Waals surface area contributed by atoms with Crippen molar-refractivity contribution in [1.29, 1.82) is 0 Å². The molecule has 1 saturated carbocycles. The van der Waals surface area contributed by atoms with Gasteiger partial charge in [-0.25, -0.2) is 0 Å². The number of aliphatic carboxylic acids is 1. The number of hydrogen-bond donors (Lipinski definition) is 1. The van der Waals surface area contributed by atoms with Crippen LogP contribution >= 0.6 is 0 Å². The first-order valence-electron chi connectivity index (χ1n) is 7.02. The molecule has 1 amide bonds. The highest BCUT2D eigenvalue weighted by molar-refractivity contribution is 5.85. The predicted molar refractivity (Wildman–Crippen MR) is 68.0 cm³/mol. The lowest BCUT2D eigenvalue weighted by atomic mass is 9.87.